The molecule has 3 aromatic rings. The maximum absolute atomic E-state index is 12.0. The zero-order valence-electron chi connectivity index (χ0n) is 12.6. The Kier molecular flexibility index (Phi) is 4.63. The van der Waals surface area contributed by atoms with Gasteiger partial charge in [0, 0.05) is 0 Å². The molecular weight excluding hydrogens is 356 g/mol. The minimum atomic E-state index is -0.431. The van der Waals surface area contributed by atoms with Gasteiger partial charge in [-0.3, -0.25) is 0 Å². The van der Waals surface area contributed by atoms with Crippen LogP contribution in [0.3, 0.4) is 0 Å². The van der Waals surface area contributed by atoms with E-state index < -0.39 is 5.97 Å². The van der Waals surface area contributed by atoms with Gasteiger partial charge in [-0.05, 0) is 51.3 Å². The highest BCUT2D eigenvalue weighted by Gasteiger charge is 2.11. The van der Waals surface area contributed by atoms with Gasteiger partial charge in [-0.25, -0.2) is 4.79 Å². The van der Waals surface area contributed by atoms with Crippen LogP contribution in [0, 0.1) is 6.92 Å². The molecule has 0 spiro atoms. The predicted octanol–water partition coefficient (Wildman–Crippen LogP) is 4.90. The number of para-hydroxylation sites is 1. The second-order valence-corrected chi connectivity index (χ2v) is 5.92. The van der Waals surface area contributed by atoms with E-state index in [2.05, 4.69) is 15.9 Å². The van der Waals surface area contributed by atoms with Crippen LogP contribution < -0.4 is 9.47 Å². The van der Waals surface area contributed by atoms with E-state index in [4.69, 9.17) is 9.47 Å². The Morgan fingerprint density at radius 1 is 0.957 bits per heavy atom. The standard InChI is InChI=1S/C19H15BrO3/c1-13-6-2-5-9-16(13)23-18(21)12-22-17-11-10-14-7-3-4-8-15(14)19(17)20/h2-11H,12H2,1H3. The lowest BCUT2D eigenvalue weighted by Gasteiger charge is -2.11. The second-order valence-electron chi connectivity index (χ2n) is 5.13. The Hall–Kier alpha value is -2.33. The summed E-state index contributed by atoms with van der Waals surface area (Å²) in [6.45, 7) is 1.74. The van der Waals surface area contributed by atoms with Crippen molar-refractivity contribution in [2.24, 2.45) is 0 Å². The summed E-state index contributed by atoms with van der Waals surface area (Å²) in [6.07, 6.45) is 0. The first-order valence-electron chi connectivity index (χ1n) is 7.21. The Morgan fingerprint density at radius 2 is 1.70 bits per heavy atom. The number of rotatable bonds is 4. The first-order chi connectivity index (χ1) is 11.1. The van der Waals surface area contributed by atoms with Crippen molar-refractivity contribution in [3.63, 3.8) is 0 Å². The van der Waals surface area contributed by atoms with E-state index in [1.807, 2.05) is 61.5 Å². The van der Waals surface area contributed by atoms with Gasteiger partial charge in [-0.15, -0.1) is 0 Å². The fraction of sp³-hybridized carbons (Fsp3) is 0.105. The fourth-order valence-corrected chi connectivity index (χ4v) is 2.89. The molecular formula is C19H15BrO3. The maximum atomic E-state index is 12.0. The van der Waals surface area contributed by atoms with E-state index in [9.17, 15) is 4.79 Å². The molecule has 0 heterocycles. The predicted molar refractivity (Wildman–Crippen MR) is 94.0 cm³/mol. The van der Waals surface area contributed by atoms with Crippen LogP contribution in [-0.4, -0.2) is 12.6 Å². The number of hydrogen-bond donors (Lipinski definition) is 0. The molecule has 3 nitrogen and oxygen atoms in total. The Morgan fingerprint density at radius 3 is 2.52 bits per heavy atom. The molecule has 3 aromatic carbocycles. The van der Waals surface area contributed by atoms with Crippen molar-refractivity contribution in [2.75, 3.05) is 6.61 Å². The summed E-state index contributed by atoms with van der Waals surface area (Å²) in [5.74, 6) is 0.739. The van der Waals surface area contributed by atoms with Crippen molar-refractivity contribution in [3.05, 3.63) is 70.7 Å². The van der Waals surface area contributed by atoms with Gasteiger partial charge in [0.2, 0.25) is 0 Å². The smallest absolute Gasteiger partial charge is 0.349 e. The SMILES string of the molecule is Cc1ccccc1OC(=O)COc1ccc2ccccc2c1Br. The van der Waals surface area contributed by atoms with Crippen LogP contribution in [0.4, 0.5) is 0 Å². The number of carbonyl (C=O) groups is 1. The molecule has 0 aliphatic heterocycles. The number of carbonyl (C=O) groups excluding carboxylic acids is 1. The van der Waals surface area contributed by atoms with Gasteiger partial charge in [-0.1, -0.05) is 48.5 Å². The van der Waals surface area contributed by atoms with Crippen molar-refractivity contribution in [1.29, 1.82) is 0 Å². The normalized spacial score (nSPS) is 10.5. The quantitative estimate of drug-likeness (QED) is 0.484. The molecule has 0 atom stereocenters. The molecule has 0 aliphatic carbocycles. The van der Waals surface area contributed by atoms with E-state index in [0.29, 0.717) is 11.5 Å². The van der Waals surface area contributed by atoms with Gasteiger partial charge in [0.05, 0.1) is 4.47 Å². The van der Waals surface area contributed by atoms with Gasteiger partial charge in [0.1, 0.15) is 11.5 Å². The zero-order chi connectivity index (χ0) is 16.2. The van der Waals surface area contributed by atoms with Gasteiger partial charge >= 0.3 is 5.97 Å². The van der Waals surface area contributed by atoms with Crippen molar-refractivity contribution in [1.82, 2.24) is 0 Å². The summed E-state index contributed by atoms with van der Waals surface area (Å²) >= 11 is 3.53. The number of fused-ring (bicyclic) bond motifs is 1. The van der Waals surface area contributed by atoms with E-state index in [1.54, 1.807) is 6.07 Å². The highest BCUT2D eigenvalue weighted by Crippen LogP contribution is 2.33. The van der Waals surface area contributed by atoms with E-state index >= 15 is 0 Å². The van der Waals surface area contributed by atoms with Crippen LogP contribution in [0.25, 0.3) is 10.8 Å². The Bertz CT molecular complexity index is 858. The van der Waals surface area contributed by atoms with Gasteiger partial charge in [-0.2, -0.15) is 0 Å². The Labute approximate surface area is 143 Å². The molecule has 0 saturated heterocycles. The molecule has 3 rings (SSSR count). The van der Waals surface area contributed by atoms with Crippen molar-refractivity contribution in [3.8, 4) is 11.5 Å². The lowest BCUT2D eigenvalue weighted by molar-refractivity contribution is -0.136. The van der Waals surface area contributed by atoms with Crippen LogP contribution in [0.15, 0.2) is 65.1 Å². The van der Waals surface area contributed by atoms with Crippen LogP contribution >= 0.6 is 15.9 Å². The third kappa shape index (κ3) is 3.54. The third-order valence-corrected chi connectivity index (χ3v) is 4.31. The zero-order valence-corrected chi connectivity index (χ0v) is 14.2. The number of ether oxygens (including phenoxy) is 2. The minimum absolute atomic E-state index is 0.148. The molecule has 0 unspecified atom stereocenters. The fourth-order valence-electron chi connectivity index (χ4n) is 2.28. The number of aryl methyl sites for hydroxylation is 1. The molecule has 4 heteroatoms. The second kappa shape index (κ2) is 6.84. The van der Waals surface area contributed by atoms with Crippen LogP contribution in [-0.2, 0) is 4.79 Å². The van der Waals surface area contributed by atoms with Gasteiger partial charge in [0.25, 0.3) is 0 Å². The summed E-state index contributed by atoms with van der Waals surface area (Å²) in [5.41, 5.74) is 0.910. The molecule has 0 radical (unpaired) electrons. The summed E-state index contributed by atoms with van der Waals surface area (Å²) in [5, 5.41) is 2.14. The molecule has 0 aromatic heterocycles. The van der Waals surface area contributed by atoms with Crippen LogP contribution in [0.1, 0.15) is 5.56 Å². The average Bonchev–Trinajstić information content (AvgIpc) is 2.57. The van der Waals surface area contributed by atoms with Crippen LogP contribution in [0.2, 0.25) is 0 Å². The highest BCUT2D eigenvalue weighted by atomic mass is 79.9. The van der Waals surface area contributed by atoms with Crippen molar-refractivity contribution < 1.29 is 14.3 Å². The Balaban J connectivity index is 1.70. The monoisotopic (exact) mass is 370 g/mol. The molecule has 0 saturated carbocycles. The van der Waals surface area contributed by atoms with E-state index in [0.717, 1.165) is 20.8 Å². The van der Waals surface area contributed by atoms with E-state index in [-0.39, 0.29) is 6.61 Å². The largest absolute Gasteiger partial charge is 0.481 e. The maximum Gasteiger partial charge on any atom is 0.349 e. The average molecular weight is 371 g/mol. The highest BCUT2D eigenvalue weighted by molar-refractivity contribution is 9.10. The lowest BCUT2D eigenvalue weighted by atomic mass is 10.1. The summed E-state index contributed by atoms with van der Waals surface area (Å²) in [7, 11) is 0. The van der Waals surface area contributed by atoms with Crippen molar-refractivity contribution in [2.45, 2.75) is 6.92 Å². The molecule has 0 amide bonds. The van der Waals surface area contributed by atoms with E-state index in [1.165, 1.54) is 0 Å². The molecule has 0 aliphatic rings. The summed E-state index contributed by atoms with van der Waals surface area (Å²) in [6, 6.07) is 19.1. The molecule has 23 heavy (non-hydrogen) atoms. The van der Waals surface area contributed by atoms with Gasteiger partial charge in [0.15, 0.2) is 6.61 Å². The van der Waals surface area contributed by atoms with Gasteiger partial charge < -0.3 is 9.47 Å². The summed E-state index contributed by atoms with van der Waals surface area (Å²) in [4.78, 5) is 12.0. The summed E-state index contributed by atoms with van der Waals surface area (Å²) < 4.78 is 11.7. The van der Waals surface area contributed by atoms with Crippen LogP contribution in [0.5, 0.6) is 11.5 Å². The minimum Gasteiger partial charge on any atom is -0.481 e. The first-order valence-corrected chi connectivity index (χ1v) is 8.01. The third-order valence-electron chi connectivity index (χ3n) is 3.49. The molecule has 0 fully saturated rings. The topological polar surface area (TPSA) is 35.5 Å². The number of halogens is 1. The molecule has 116 valence electrons. The number of benzene rings is 3. The first kappa shape index (κ1) is 15.6. The number of esters is 1. The molecule has 0 N–H and O–H groups in total. The molecule has 0 bridgehead atoms. The lowest BCUT2D eigenvalue weighted by Crippen LogP contribution is -2.18. The number of hydrogen-bond acceptors (Lipinski definition) is 3. The van der Waals surface area contributed by atoms with Crippen molar-refractivity contribution >= 4 is 32.7 Å².